The van der Waals surface area contributed by atoms with E-state index in [1.807, 2.05) is 0 Å². The number of nitrogens with zero attached hydrogens (tertiary/aromatic N) is 2. The van der Waals surface area contributed by atoms with Gasteiger partial charge >= 0.3 is 5.69 Å². The van der Waals surface area contributed by atoms with Gasteiger partial charge in [-0.05, 0) is 30.7 Å². The number of phenols is 1. The summed E-state index contributed by atoms with van der Waals surface area (Å²) in [5.74, 6) is -0.623. The lowest BCUT2D eigenvalue weighted by Gasteiger charge is -2.08. The number of halogens is 1. The number of phenolic OH excluding ortho intramolecular Hbond substituents is 1. The van der Waals surface area contributed by atoms with Crippen molar-refractivity contribution >= 4 is 29.4 Å². The molecule has 1 amide bonds. The van der Waals surface area contributed by atoms with Gasteiger partial charge in [0.2, 0.25) is 0 Å². The Morgan fingerprint density at radius 3 is 2.78 bits per heavy atom. The molecule has 0 atom stereocenters. The number of hydrogen-bond acceptors (Lipinski definition) is 7. The first kappa shape index (κ1) is 20.0. The number of nitro groups is 1. The zero-order valence-electron chi connectivity index (χ0n) is 14.2. The molecular formula is C17H16ClN3O6. The van der Waals surface area contributed by atoms with Crippen molar-refractivity contribution < 1.29 is 24.3 Å². The molecule has 142 valence electrons. The number of rotatable bonds is 8. The second-order valence-corrected chi connectivity index (χ2v) is 5.50. The maximum Gasteiger partial charge on any atom is 0.310 e. The predicted octanol–water partition coefficient (Wildman–Crippen LogP) is 2.88. The highest BCUT2D eigenvalue weighted by molar-refractivity contribution is 6.32. The van der Waals surface area contributed by atoms with Gasteiger partial charge in [0.25, 0.3) is 5.91 Å². The Labute approximate surface area is 159 Å². The lowest BCUT2D eigenvalue weighted by Crippen LogP contribution is -2.24. The van der Waals surface area contributed by atoms with Gasteiger partial charge in [-0.15, -0.1) is 0 Å². The molecule has 9 nitrogen and oxygen atoms in total. The summed E-state index contributed by atoms with van der Waals surface area (Å²) >= 11 is 5.90. The zero-order chi connectivity index (χ0) is 19.8. The van der Waals surface area contributed by atoms with Crippen LogP contribution in [0.5, 0.6) is 17.2 Å². The number of aromatic hydroxyl groups is 1. The molecule has 0 bridgehead atoms. The Bertz CT molecular complexity index is 872. The van der Waals surface area contributed by atoms with Gasteiger partial charge in [-0.25, -0.2) is 5.43 Å². The SMILES string of the molecule is CCOc1cc(/C=N\NC(=O)COc2ccccc2[N+](=O)[O-])cc(Cl)c1O. The number of benzene rings is 2. The van der Waals surface area contributed by atoms with E-state index >= 15 is 0 Å². The molecule has 0 unspecified atom stereocenters. The molecule has 2 aromatic rings. The standard InChI is InChI=1S/C17H16ClN3O6/c1-2-26-15-8-11(7-12(18)17(15)23)9-19-20-16(22)10-27-14-6-4-3-5-13(14)21(24)25/h3-9,23H,2,10H2,1H3,(H,20,22)/b19-9-. The van der Waals surface area contributed by atoms with Gasteiger partial charge in [0.05, 0.1) is 22.8 Å². The highest BCUT2D eigenvalue weighted by Gasteiger charge is 2.14. The molecule has 27 heavy (non-hydrogen) atoms. The van der Waals surface area contributed by atoms with E-state index in [-0.39, 0.29) is 28.0 Å². The fourth-order valence-corrected chi connectivity index (χ4v) is 2.24. The Morgan fingerprint density at radius 2 is 2.07 bits per heavy atom. The van der Waals surface area contributed by atoms with Crippen molar-refractivity contribution in [3.8, 4) is 17.2 Å². The number of carbonyl (C=O) groups excluding carboxylic acids is 1. The monoisotopic (exact) mass is 393 g/mol. The molecule has 0 radical (unpaired) electrons. The Kier molecular flexibility index (Phi) is 6.95. The number of ether oxygens (including phenoxy) is 2. The second-order valence-electron chi connectivity index (χ2n) is 5.09. The molecular weight excluding hydrogens is 378 g/mol. The summed E-state index contributed by atoms with van der Waals surface area (Å²) in [6.07, 6.45) is 1.30. The van der Waals surface area contributed by atoms with E-state index in [1.54, 1.807) is 13.0 Å². The van der Waals surface area contributed by atoms with Crippen molar-refractivity contribution in [2.24, 2.45) is 5.10 Å². The van der Waals surface area contributed by atoms with Crippen LogP contribution in [0.15, 0.2) is 41.5 Å². The van der Waals surface area contributed by atoms with Crippen molar-refractivity contribution in [3.05, 3.63) is 57.1 Å². The number of hydrazone groups is 1. The maximum absolute atomic E-state index is 11.8. The third-order valence-electron chi connectivity index (χ3n) is 3.17. The van der Waals surface area contributed by atoms with E-state index in [0.29, 0.717) is 12.2 Å². The lowest BCUT2D eigenvalue weighted by atomic mass is 10.2. The van der Waals surface area contributed by atoms with E-state index in [2.05, 4.69) is 10.5 Å². The molecule has 0 saturated carbocycles. The summed E-state index contributed by atoms with van der Waals surface area (Å²) in [5, 5.41) is 24.5. The van der Waals surface area contributed by atoms with Gasteiger partial charge in [-0.1, -0.05) is 23.7 Å². The van der Waals surface area contributed by atoms with Crippen LogP contribution in [0, 0.1) is 10.1 Å². The van der Waals surface area contributed by atoms with Crippen molar-refractivity contribution in [2.45, 2.75) is 6.92 Å². The van der Waals surface area contributed by atoms with Crippen LogP contribution >= 0.6 is 11.6 Å². The number of nitro benzene ring substituents is 1. The van der Waals surface area contributed by atoms with Gasteiger partial charge in [-0.2, -0.15) is 5.10 Å². The lowest BCUT2D eigenvalue weighted by molar-refractivity contribution is -0.385. The maximum atomic E-state index is 11.8. The summed E-state index contributed by atoms with van der Waals surface area (Å²) in [6, 6.07) is 8.67. The molecule has 0 fully saturated rings. The average molecular weight is 394 g/mol. The quantitative estimate of drug-likeness (QED) is 0.404. The van der Waals surface area contributed by atoms with Gasteiger partial charge in [0.15, 0.2) is 23.9 Å². The van der Waals surface area contributed by atoms with E-state index in [1.165, 1.54) is 36.5 Å². The summed E-state index contributed by atoms with van der Waals surface area (Å²) in [4.78, 5) is 22.0. The average Bonchev–Trinajstić information content (AvgIpc) is 2.64. The molecule has 0 aliphatic rings. The fraction of sp³-hybridized carbons (Fsp3) is 0.176. The number of amides is 1. The van der Waals surface area contributed by atoms with Crippen LogP contribution in [-0.2, 0) is 4.79 Å². The molecule has 2 N–H and O–H groups in total. The number of hydrogen-bond donors (Lipinski definition) is 2. The number of carbonyl (C=O) groups is 1. The summed E-state index contributed by atoms with van der Waals surface area (Å²) in [7, 11) is 0. The van der Waals surface area contributed by atoms with Crippen molar-refractivity contribution in [1.82, 2.24) is 5.43 Å². The molecule has 0 aliphatic heterocycles. The van der Waals surface area contributed by atoms with Crippen molar-refractivity contribution in [3.63, 3.8) is 0 Å². The third-order valence-corrected chi connectivity index (χ3v) is 3.46. The van der Waals surface area contributed by atoms with Crippen LogP contribution in [0.4, 0.5) is 5.69 Å². The van der Waals surface area contributed by atoms with Gasteiger partial charge in [0.1, 0.15) is 0 Å². The fourth-order valence-electron chi connectivity index (χ4n) is 2.02. The predicted molar refractivity (Wildman–Crippen MR) is 98.6 cm³/mol. The van der Waals surface area contributed by atoms with E-state index in [4.69, 9.17) is 21.1 Å². The second kappa shape index (κ2) is 9.39. The summed E-state index contributed by atoms with van der Waals surface area (Å²) in [5.41, 5.74) is 2.47. The van der Waals surface area contributed by atoms with Crippen LogP contribution in [0.25, 0.3) is 0 Å². The molecule has 0 spiro atoms. The van der Waals surface area contributed by atoms with E-state index in [0.717, 1.165) is 0 Å². The first-order valence-electron chi connectivity index (χ1n) is 7.75. The van der Waals surface area contributed by atoms with Gasteiger partial charge in [0, 0.05) is 6.07 Å². The van der Waals surface area contributed by atoms with Crippen LogP contribution in [0.1, 0.15) is 12.5 Å². The minimum Gasteiger partial charge on any atom is -0.503 e. The topological polar surface area (TPSA) is 123 Å². The third kappa shape index (κ3) is 5.58. The van der Waals surface area contributed by atoms with Crippen LogP contribution in [-0.4, -0.2) is 35.4 Å². The molecule has 2 aromatic carbocycles. The Morgan fingerprint density at radius 1 is 1.33 bits per heavy atom. The summed E-state index contributed by atoms with van der Waals surface area (Å²) < 4.78 is 10.4. The van der Waals surface area contributed by atoms with Crippen LogP contribution in [0.2, 0.25) is 5.02 Å². The molecule has 2 rings (SSSR count). The van der Waals surface area contributed by atoms with Crippen molar-refractivity contribution in [2.75, 3.05) is 13.2 Å². The van der Waals surface area contributed by atoms with Crippen LogP contribution < -0.4 is 14.9 Å². The highest BCUT2D eigenvalue weighted by Crippen LogP contribution is 2.34. The van der Waals surface area contributed by atoms with Gasteiger partial charge in [-0.3, -0.25) is 14.9 Å². The highest BCUT2D eigenvalue weighted by atomic mass is 35.5. The minimum atomic E-state index is -0.612. The minimum absolute atomic E-state index is 0.0201. The first-order chi connectivity index (χ1) is 12.9. The molecule has 0 aliphatic carbocycles. The molecule has 10 heteroatoms. The summed E-state index contributed by atoms with van der Waals surface area (Å²) in [6.45, 7) is 1.64. The van der Waals surface area contributed by atoms with Crippen molar-refractivity contribution in [1.29, 1.82) is 0 Å². The first-order valence-corrected chi connectivity index (χ1v) is 8.13. The van der Waals surface area contributed by atoms with E-state index in [9.17, 15) is 20.0 Å². The number of nitrogens with one attached hydrogen (secondary N) is 1. The number of para-hydroxylation sites is 2. The normalized spacial score (nSPS) is 10.6. The van der Waals surface area contributed by atoms with Crippen LogP contribution in [0.3, 0.4) is 0 Å². The zero-order valence-corrected chi connectivity index (χ0v) is 15.0. The Hall–Kier alpha value is -3.33. The smallest absolute Gasteiger partial charge is 0.310 e. The Balaban J connectivity index is 1.95. The van der Waals surface area contributed by atoms with E-state index < -0.39 is 17.4 Å². The molecule has 0 saturated heterocycles. The van der Waals surface area contributed by atoms with Gasteiger partial charge < -0.3 is 14.6 Å². The molecule has 0 aromatic heterocycles. The largest absolute Gasteiger partial charge is 0.503 e. The molecule has 0 heterocycles.